The molecule has 3 unspecified atom stereocenters. The zero-order chi connectivity index (χ0) is 14.6. The lowest BCUT2D eigenvalue weighted by atomic mass is 10.1. The number of hydrogen-bond donors (Lipinski definition) is 2. The third-order valence-electron chi connectivity index (χ3n) is 4.26. The molecule has 1 saturated heterocycles. The van der Waals surface area contributed by atoms with Gasteiger partial charge in [-0.1, -0.05) is 13.3 Å². The number of nitrogens with zero attached hydrogens (tertiary/aromatic N) is 1. The van der Waals surface area contributed by atoms with Gasteiger partial charge < -0.3 is 5.73 Å². The highest BCUT2D eigenvalue weighted by Gasteiger charge is 2.35. The van der Waals surface area contributed by atoms with E-state index in [-0.39, 0.29) is 12.1 Å². The molecule has 1 aliphatic carbocycles. The molecule has 5 nitrogen and oxygen atoms in total. The van der Waals surface area contributed by atoms with Crippen LogP contribution in [0.15, 0.2) is 0 Å². The van der Waals surface area contributed by atoms with E-state index in [2.05, 4.69) is 11.6 Å². The SMILES string of the molecule is CCSC1CCC(NS(=O)(=O)N2CCCCC2CN)C1. The summed E-state index contributed by atoms with van der Waals surface area (Å²) in [7, 11) is -3.37. The third kappa shape index (κ3) is 4.10. The van der Waals surface area contributed by atoms with Crippen molar-refractivity contribution in [3.05, 3.63) is 0 Å². The summed E-state index contributed by atoms with van der Waals surface area (Å²) >= 11 is 1.94. The first-order chi connectivity index (χ1) is 9.56. The molecule has 3 atom stereocenters. The van der Waals surface area contributed by atoms with Gasteiger partial charge in [-0.2, -0.15) is 29.2 Å². The van der Waals surface area contributed by atoms with Crippen molar-refractivity contribution in [3.63, 3.8) is 0 Å². The first-order valence-electron chi connectivity index (χ1n) is 7.67. The van der Waals surface area contributed by atoms with E-state index in [0.29, 0.717) is 18.3 Å². The first kappa shape index (κ1) is 16.5. The van der Waals surface area contributed by atoms with Crippen molar-refractivity contribution in [2.24, 2.45) is 5.73 Å². The second-order valence-corrected chi connectivity index (χ2v) is 8.94. The Bertz CT molecular complexity index is 402. The van der Waals surface area contributed by atoms with Crippen LogP contribution in [0.2, 0.25) is 0 Å². The zero-order valence-electron chi connectivity index (χ0n) is 12.3. The van der Waals surface area contributed by atoms with E-state index in [9.17, 15) is 8.42 Å². The van der Waals surface area contributed by atoms with Gasteiger partial charge in [-0.05, 0) is 37.9 Å². The second kappa shape index (κ2) is 7.45. The van der Waals surface area contributed by atoms with Crippen molar-refractivity contribution in [2.75, 3.05) is 18.8 Å². The fraction of sp³-hybridized carbons (Fsp3) is 1.00. The topological polar surface area (TPSA) is 75.4 Å². The van der Waals surface area contributed by atoms with Gasteiger partial charge in [0, 0.05) is 30.4 Å². The molecule has 2 rings (SSSR count). The van der Waals surface area contributed by atoms with Crippen LogP contribution in [0.3, 0.4) is 0 Å². The molecule has 2 aliphatic rings. The Morgan fingerprint density at radius 2 is 2.10 bits per heavy atom. The van der Waals surface area contributed by atoms with Crippen molar-refractivity contribution >= 4 is 22.0 Å². The fourth-order valence-corrected chi connectivity index (χ4v) is 6.11. The van der Waals surface area contributed by atoms with E-state index in [1.165, 1.54) is 0 Å². The van der Waals surface area contributed by atoms with Gasteiger partial charge in [0.1, 0.15) is 0 Å². The standard InChI is InChI=1S/C13H27N3O2S2/c1-2-19-13-7-6-11(9-13)15-20(17,18)16-8-4-3-5-12(16)10-14/h11-13,15H,2-10,14H2,1H3. The average molecular weight is 322 g/mol. The van der Waals surface area contributed by atoms with Crippen LogP contribution in [0.1, 0.15) is 45.4 Å². The van der Waals surface area contributed by atoms with E-state index >= 15 is 0 Å². The largest absolute Gasteiger partial charge is 0.329 e. The van der Waals surface area contributed by atoms with Gasteiger partial charge in [0.15, 0.2) is 0 Å². The third-order valence-corrected chi connectivity index (χ3v) is 7.22. The van der Waals surface area contributed by atoms with E-state index in [4.69, 9.17) is 5.73 Å². The molecule has 7 heteroatoms. The number of hydrogen-bond acceptors (Lipinski definition) is 4. The Kier molecular flexibility index (Phi) is 6.16. The Balaban J connectivity index is 1.93. The molecule has 2 fully saturated rings. The molecule has 0 bridgehead atoms. The minimum atomic E-state index is -3.37. The van der Waals surface area contributed by atoms with Crippen molar-refractivity contribution in [2.45, 2.75) is 62.8 Å². The van der Waals surface area contributed by atoms with Crippen molar-refractivity contribution in [3.8, 4) is 0 Å². The number of piperidine rings is 1. The molecule has 1 heterocycles. The molecule has 1 aliphatic heterocycles. The predicted molar refractivity (Wildman–Crippen MR) is 85.0 cm³/mol. The molecule has 20 heavy (non-hydrogen) atoms. The predicted octanol–water partition coefficient (Wildman–Crippen LogP) is 1.31. The van der Waals surface area contributed by atoms with Gasteiger partial charge in [0.25, 0.3) is 10.2 Å². The Morgan fingerprint density at radius 3 is 2.80 bits per heavy atom. The minimum Gasteiger partial charge on any atom is -0.329 e. The summed E-state index contributed by atoms with van der Waals surface area (Å²) in [5.74, 6) is 1.10. The molecule has 0 amide bonds. The summed E-state index contributed by atoms with van der Waals surface area (Å²) in [6.45, 7) is 3.18. The van der Waals surface area contributed by atoms with Gasteiger partial charge in [0.2, 0.25) is 0 Å². The van der Waals surface area contributed by atoms with Gasteiger partial charge in [-0.25, -0.2) is 0 Å². The summed E-state index contributed by atoms with van der Waals surface area (Å²) in [4.78, 5) is 0. The highest BCUT2D eigenvalue weighted by atomic mass is 32.2. The lowest BCUT2D eigenvalue weighted by Gasteiger charge is -2.34. The zero-order valence-corrected chi connectivity index (χ0v) is 13.9. The van der Waals surface area contributed by atoms with Crippen LogP contribution in [-0.4, -0.2) is 48.9 Å². The van der Waals surface area contributed by atoms with Crippen molar-refractivity contribution in [1.82, 2.24) is 9.03 Å². The summed E-state index contributed by atoms with van der Waals surface area (Å²) in [6.07, 6.45) is 5.93. The molecular weight excluding hydrogens is 294 g/mol. The molecule has 0 spiro atoms. The Labute approximate surface area is 127 Å². The normalized spacial score (nSPS) is 32.6. The van der Waals surface area contributed by atoms with Crippen molar-refractivity contribution < 1.29 is 8.42 Å². The van der Waals surface area contributed by atoms with Gasteiger partial charge in [-0.3, -0.25) is 0 Å². The van der Waals surface area contributed by atoms with Crippen LogP contribution in [0, 0.1) is 0 Å². The minimum absolute atomic E-state index is 0.0246. The van der Waals surface area contributed by atoms with Gasteiger partial charge in [0.05, 0.1) is 0 Å². The van der Waals surface area contributed by atoms with E-state index in [0.717, 1.165) is 44.3 Å². The number of nitrogens with one attached hydrogen (secondary N) is 1. The lowest BCUT2D eigenvalue weighted by Crippen LogP contribution is -2.53. The molecule has 3 N–H and O–H groups in total. The van der Waals surface area contributed by atoms with E-state index in [1.807, 2.05) is 11.8 Å². The highest BCUT2D eigenvalue weighted by Crippen LogP contribution is 2.30. The summed E-state index contributed by atoms with van der Waals surface area (Å²) < 4.78 is 29.6. The molecule has 0 aromatic heterocycles. The number of nitrogens with two attached hydrogens (primary N) is 1. The van der Waals surface area contributed by atoms with E-state index in [1.54, 1.807) is 4.31 Å². The monoisotopic (exact) mass is 321 g/mol. The number of rotatable bonds is 6. The lowest BCUT2D eigenvalue weighted by molar-refractivity contribution is 0.253. The van der Waals surface area contributed by atoms with E-state index < -0.39 is 10.2 Å². The van der Waals surface area contributed by atoms with Crippen LogP contribution < -0.4 is 10.5 Å². The average Bonchev–Trinajstić information content (AvgIpc) is 2.85. The Morgan fingerprint density at radius 1 is 1.30 bits per heavy atom. The van der Waals surface area contributed by atoms with Crippen LogP contribution in [0.4, 0.5) is 0 Å². The van der Waals surface area contributed by atoms with Crippen molar-refractivity contribution in [1.29, 1.82) is 0 Å². The first-order valence-corrected chi connectivity index (χ1v) is 10.2. The molecule has 118 valence electrons. The van der Waals surface area contributed by atoms with Crippen LogP contribution in [-0.2, 0) is 10.2 Å². The molecule has 1 saturated carbocycles. The maximum absolute atomic E-state index is 12.5. The second-order valence-electron chi connectivity index (χ2n) is 5.71. The maximum atomic E-state index is 12.5. The highest BCUT2D eigenvalue weighted by molar-refractivity contribution is 7.99. The quantitative estimate of drug-likeness (QED) is 0.773. The molecular formula is C13H27N3O2S2. The van der Waals surface area contributed by atoms with Crippen LogP contribution in [0.25, 0.3) is 0 Å². The van der Waals surface area contributed by atoms with Gasteiger partial charge >= 0.3 is 0 Å². The summed E-state index contributed by atoms with van der Waals surface area (Å²) in [6, 6.07) is 0.0767. The fourth-order valence-electron chi connectivity index (χ4n) is 3.24. The maximum Gasteiger partial charge on any atom is 0.279 e. The van der Waals surface area contributed by atoms with Gasteiger partial charge in [-0.15, -0.1) is 0 Å². The molecule has 0 aromatic carbocycles. The molecule has 0 aromatic rings. The number of thioether (sulfide) groups is 1. The summed E-state index contributed by atoms with van der Waals surface area (Å²) in [5, 5.41) is 0.611. The molecule has 0 radical (unpaired) electrons. The van der Waals surface area contributed by atoms with Crippen LogP contribution >= 0.6 is 11.8 Å². The summed E-state index contributed by atoms with van der Waals surface area (Å²) in [5.41, 5.74) is 5.72. The smallest absolute Gasteiger partial charge is 0.279 e. The Hall–Kier alpha value is 0.180. The van der Waals surface area contributed by atoms with Crippen LogP contribution in [0.5, 0.6) is 0 Å².